The summed E-state index contributed by atoms with van der Waals surface area (Å²) in [5.74, 6) is -1.05. The molecule has 0 unspecified atom stereocenters. The predicted octanol–water partition coefficient (Wildman–Crippen LogP) is 4.42. The molecule has 1 aromatic carbocycles. The molecule has 2 N–H and O–H groups in total. The Morgan fingerprint density at radius 1 is 1.00 bits per heavy atom. The van der Waals surface area contributed by atoms with Crippen molar-refractivity contribution in [2.24, 2.45) is 0 Å². The number of thioether (sulfide) groups is 1. The second-order valence-corrected chi connectivity index (χ2v) is 11.4. The molecule has 1 fully saturated rings. The van der Waals surface area contributed by atoms with Crippen LogP contribution in [0.15, 0.2) is 78.1 Å². The summed E-state index contributed by atoms with van der Waals surface area (Å²) in [5.41, 5.74) is 1.44. The van der Waals surface area contributed by atoms with Crippen molar-refractivity contribution in [3.05, 3.63) is 94.4 Å². The van der Waals surface area contributed by atoms with Crippen LogP contribution in [0.3, 0.4) is 0 Å². The van der Waals surface area contributed by atoms with Gasteiger partial charge in [-0.3, -0.25) is 19.4 Å². The highest BCUT2D eigenvalue weighted by atomic mass is 35.5. The van der Waals surface area contributed by atoms with Gasteiger partial charge >= 0.3 is 0 Å². The highest BCUT2D eigenvalue weighted by Gasteiger charge is 2.26. The first-order chi connectivity index (χ1) is 19.4. The highest BCUT2D eigenvalue weighted by molar-refractivity contribution is 7.99. The van der Waals surface area contributed by atoms with Crippen LogP contribution in [0, 0.1) is 0 Å². The quantitative estimate of drug-likeness (QED) is 0.335. The van der Waals surface area contributed by atoms with E-state index < -0.39 is 17.9 Å². The lowest BCUT2D eigenvalue weighted by Gasteiger charge is -2.31. The fourth-order valence-corrected chi connectivity index (χ4v) is 5.41. The molecule has 0 saturated carbocycles. The molecule has 3 aromatic rings. The molecule has 1 saturated heterocycles. The largest absolute Gasteiger partial charge is 0.345 e. The monoisotopic (exact) mass is 597 g/mol. The molecule has 0 spiro atoms. The molecule has 2 aromatic heterocycles. The van der Waals surface area contributed by atoms with Crippen molar-refractivity contribution in [2.45, 2.75) is 35.6 Å². The number of benzene rings is 1. The number of pyridine rings is 2. The number of halogens is 2. The van der Waals surface area contributed by atoms with E-state index in [4.69, 9.17) is 23.2 Å². The molecule has 1 aliphatic rings. The summed E-state index contributed by atoms with van der Waals surface area (Å²) in [5, 5.41) is 7.90. The molecule has 0 aliphatic carbocycles. The lowest BCUT2D eigenvalue weighted by atomic mass is 10.1. The van der Waals surface area contributed by atoms with Crippen LogP contribution in [0.25, 0.3) is 6.08 Å². The van der Waals surface area contributed by atoms with Gasteiger partial charge in [-0.2, -0.15) is 0 Å². The summed E-state index contributed by atoms with van der Waals surface area (Å²) < 4.78 is 0. The SMILES string of the molecule is O=C(/C=C/c1ccc(Cl)cc1)N[C@@H](Cc1ccccn1)C(=O)NCC(=O)N1CCC(Sc2ccc(Cl)cn2)CC1. The van der Waals surface area contributed by atoms with Gasteiger partial charge in [-0.25, -0.2) is 4.98 Å². The van der Waals surface area contributed by atoms with Gasteiger partial charge in [0.25, 0.3) is 0 Å². The molecule has 1 atom stereocenters. The Morgan fingerprint density at radius 2 is 1.75 bits per heavy atom. The third-order valence-electron chi connectivity index (χ3n) is 6.27. The fourth-order valence-electron chi connectivity index (χ4n) is 4.13. The molecule has 3 amide bonds. The van der Waals surface area contributed by atoms with E-state index in [1.165, 1.54) is 6.08 Å². The van der Waals surface area contributed by atoms with E-state index in [1.807, 2.05) is 18.2 Å². The molecule has 208 valence electrons. The van der Waals surface area contributed by atoms with E-state index in [0.29, 0.717) is 34.1 Å². The van der Waals surface area contributed by atoms with Gasteiger partial charge < -0.3 is 15.5 Å². The van der Waals surface area contributed by atoms with Crippen molar-refractivity contribution < 1.29 is 14.4 Å². The van der Waals surface area contributed by atoms with Gasteiger partial charge in [0, 0.05) is 53.9 Å². The van der Waals surface area contributed by atoms with Crippen LogP contribution in [0.2, 0.25) is 10.0 Å². The first kappa shape index (κ1) is 29.6. The van der Waals surface area contributed by atoms with Crippen molar-refractivity contribution in [1.82, 2.24) is 25.5 Å². The van der Waals surface area contributed by atoms with Crippen LogP contribution in [0.1, 0.15) is 24.1 Å². The van der Waals surface area contributed by atoms with Crippen molar-refractivity contribution in [3.8, 4) is 0 Å². The molecule has 0 radical (unpaired) electrons. The summed E-state index contributed by atoms with van der Waals surface area (Å²) in [7, 11) is 0. The molecular weight excluding hydrogens is 569 g/mol. The summed E-state index contributed by atoms with van der Waals surface area (Å²) in [6.45, 7) is 1.05. The van der Waals surface area contributed by atoms with Crippen LogP contribution >= 0.6 is 35.0 Å². The Morgan fingerprint density at radius 3 is 2.42 bits per heavy atom. The zero-order valence-electron chi connectivity index (χ0n) is 21.6. The van der Waals surface area contributed by atoms with Gasteiger partial charge in [-0.05, 0) is 60.9 Å². The fraction of sp³-hybridized carbons (Fsp3) is 0.276. The lowest BCUT2D eigenvalue weighted by Crippen LogP contribution is -2.51. The van der Waals surface area contributed by atoms with Gasteiger partial charge in [-0.1, -0.05) is 41.4 Å². The molecular formula is C29H29Cl2N5O3S. The van der Waals surface area contributed by atoms with E-state index in [2.05, 4.69) is 20.6 Å². The standard InChI is InChI=1S/C29H29Cl2N5O3S/c30-21-7-4-20(5-8-21)6-10-26(37)35-25(17-23-3-1-2-14-32-23)29(39)34-19-28(38)36-15-12-24(13-16-36)40-27-11-9-22(31)18-33-27/h1-11,14,18,24-25H,12-13,15-17,19H2,(H,34,39)(H,35,37)/b10-6+/t25-/m0/s1. The minimum Gasteiger partial charge on any atom is -0.345 e. The van der Waals surface area contributed by atoms with Crippen LogP contribution in [-0.4, -0.2) is 63.5 Å². The van der Waals surface area contributed by atoms with E-state index in [0.717, 1.165) is 23.4 Å². The third-order valence-corrected chi connectivity index (χ3v) is 8.03. The Labute approximate surface area is 247 Å². The van der Waals surface area contributed by atoms with Gasteiger partial charge in [0.1, 0.15) is 6.04 Å². The topological polar surface area (TPSA) is 104 Å². The molecule has 3 heterocycles. The van der Waals surface area contributed by atoms with Gasteiger partial charge in [0.05, 0.1) is 16.6 Å². The number of rotatable bonds is 10. The molecule has 1 aliphatic heterocycles. The number of carbonyl (C=O) groups is 3. The maximum absolute atomic E-state index is 13.1. The lowest BCUT2D eigenvalue weighted by molar-refractivity contribution is -0.134. The van der Waals surface area contributed by atoms with Crippen molar-refractivity contribution in [1.29, 1.82) is 0 Å². The summed E-state index contributed by atoms with van der Waals surface area (Å²) in [4.78, 5) is 48.9. The van der Waals surface area contributed by atoms with E-state index >= 15 is 0 Å². The number of nitrogens with zero attached hydrogens (tertiary/aromatic N) is 3. The number of hydrogen-bond donors (Lipinski definition) is 2. The zero-order chi connectivity index (χ0) is 28.3. The number of carbonyl (C=O) groups excluding carboxylic acids is 3. The van der Waals surface area contributed by atoms with E-state index in [-0.39, 0.29) is 18.9 Å². The third kappa shape index (κ3) is 9.36. The predicted molar refractivity (Wildman–Crippen MR) is 158 cm³/mol. The van der Waals surface area contributed by atoms with Gasteiger partial charge in [0.15, 0.2) is 0 Å². The Hall–Kier alpha value is -3.40. The zero-order valence-corrected chi connectivity index (χ0v) is 24.0. The minimum atomic E-state index is -0.904. The van der Waals surface area contributed by atoms with Gasteiger partial charge in [-0.15, -0.1) is 11.8 Å². The first-order valence-corrected chi connectivity index (χ1v) is 14.5. The Bertz CT molecular complexity index is 1320. The number of hydrogen-bond acceptors (Lipinski definition) is 6. The number of nitrogens with one attached hydrogen (secondary N) is 2. The van der Waals surface area contributed by atoms with Crippen LogP contribution < -0.4 is 10.6 Å². The summed E-state index contributed by atoms with van der Waals surface area (Å²) in [6.07, 6.45) is 8.08. The molecule has 40 heavy (non-hydrogen) atoms. The summed E-state index contributed by atoms with van der Waals surface area (Å²) in [6, 6.07) is 15.2. The van der Waals surface area contributed by atoms with Crippen molar-refractivity contribution in [3.63, 3.8) is 0 Å². The molecule has 4 rings (SSSR count). The highest BCUT2D eigenvalue weighted by Crippen LogP contribution is 2.29. The Kier molecular flexibility index (Phi) is 11.0. The maximum Gasteiger partial charge on any atom is 0.244 e. The average Bonchev–Trinajstić information content (AvgIpc) is 2.97. The van der Waals surface area contributed by atoms with Crippen molar-refractivity contribution >= 4 is 58.8 Å². The second kappa shape index (κ2) is 14.8. The number of aromatic nitrogens is 2. The van der Waals surface area contributed by atoms with E-state index in [9.17, 15) is 14.4 Å². The van der Waals surface area contributed by atoms with Crippen LogP contribution in [-0.2, 0) is 20.8 Å². The first-order valence-electron chi connectivity index (χ1n) is 12.8. The minimum absolute atomic E-state index is 0.148. The second-order valence-electron chi connectivity index (χ2n) is 9.20. The van der Waals surface area contributed by atoms with Gasteiger partial charge in [0.2, 0.25) is 17.7 Å². The van der Waals surface area contributed by atoms with Crippen LogP contribution in [0.4, 0.5) is 0 Å². The summed E-state index contributed by atoms with van der Waals surface area (Å²) >= 11 is 13.5. The van der Waals surface area contributed by atoms with Crippen LogP contribution in [0.5, 0.6) is 0 Å². The smallest absolute Gasteiger partial charge is 0.244 e. The number of amides is 3. The number of likely N-dealkylation sites (tertiary alicyclic amines) is 1. The normalized spacial score (nSPS) is 14.6. The van der Waals surface area contributed by atoms with E-state index in [1.54, 1.807) is 71.5 Å². The molecule has 0 bridgehead atoms. The molecule has 8 nitrogen and oxygen atoms in total. The number of piperidine rings is 1. The molecule has 11 heteroatoms. The maximum atomic E-state index is 13.1. The average molecular weight is 599 g/mol. The Balaban J connectivity index is 1.28. The van der Waals surface area contributed by atoms with Crippen molar-refractivity contribution in [2.75, 3.05) is 19.6 Å².